The van der Waals surface area contributed by atoms with Gasteiger partial charge in [0, 0.05) is 18.5 Å². The van der Waals surface area contributed by atoms with Crippen molar-refractivity contribution in [1.82, 2.24) is 4.98 Å². The van der Waals surface area contributed by atoms with E-state index >= 15 is 0 Å². The van der Waals surface area contributed by atoms with Crippen LogP contribution in [-0.4, -0.2) is 31.0 Å². The molecule has 0 radical (unpaired) electrons. The van der Waals surface area contributed by atoms with Gasteiger partial charge >= 0.3 is 0 Å². The van der Waals surface area contributed by atoms with Gasteiger partial charge in [0.1, 0.15) is 5.82 Å². The molecule has 1 unspecified atom stereocenters. The maximum Gasteiger partial charge on any atom is 0.255 e. The van der Waals surface area contributed by atoms with Crippen LogP contribution in [0, 0.1) is 0 Å². The number of fused-ring (bicyclic) bond motifs is 1. The topological polar surface area (TPSA) is 42.1 Å². The Morgan fingerprint density at radius 2 is 2.00 bits per heavy atom. The van der Waals surface area contributed by atoms with Crippen molar-refractivity contribution in [3.05, 3.63) is 35.9 Å². The average Bonchev–Trinajstić information content (AvgIpc) is 2.36. The lowest BCUT2D eigenvalue weighted by Crippen LogP contribution is -2.27. The lowest BCUT2D eigenvalue weighted by molar-refractivity contribution is 0.156. The van der Waals surface area contributed by atoms with Gasteiger partial charge in [-0.3, -0.25) is 0 Å². The first kappa shape index (κ1) is 14.7. The van der Waals surface area contributed by atoms with Crippen LogP contribution in [0.3, 0.4) is 0 Å². The Morgan fingerprint density at radius 3 is 2.65 bits per heavy atom. The maximum absolute atomic E-state index is 12.6. The van der Waals surface area contributed by atoms with Crippen LogP contribution in [-0.2, 0) is 6.42 Å². The lowest BCUT2D eigenvalue weighted by Gasteiger charge is -2.22. The summed E-state index contributed by atoms with van der Waals surface area (Å²) in [7, 11) is 1.63. The Hall–Kier alpha value is -1.75. The Balaban J connectivity index is 2.47. The minimum atomic E-state index is -2.39. The number of nitrogens with two attached hydrogens (primary N) is 1. The number of nitrogens with zero attached hydrogens (tertiary/aromatic N) is 2. The highest BCUT2D eigenvalue weighted by molar-refractivity contribution is 5.81. The zero-order chi connectivity index (χ0) is 14.7. The molecule has 0 saturated carbocycles. The molecule has 1 atom stereocenters. The number of alkyl halides is 2. The van der Waals surface area contributed by atoms with E-state index < -0.39 is 6.43 Å². The number of anilines is 1. The van der Waals surface area contributed by atoms with Gasteiger partial charge in [-0.1, -0.05) is 18.2 Å². The highest BCUT2D eigenvalue weighted by Gasteiger charge is 2.15. The second-order valence-corrected chi connectivity index (χ2v) is 5.12. The molecule has 0 aliphatic carbocycles. The number of benzene rings is 1. The summed E-state index contributed by atoms with van der Waals surface area (Å²) in [6, 6.07) is 9.61. The normalized spacial score (nSPS) is 12.9. The molecule has 2 aromatic rings. The zero-order valence-corrected chi connectivity index (χ0v) is 11.7. The van der Waals surface area contributed by atoms with E-state index in [9.17, 15) is 8.78 Å². The Morgan fingerprint density at radius 1 is 1.30 bits per heavy atom. The van der Waals surface area contributed by atoms with Crippen molar-refractivity contribution in [3.63, 3.8) is 0 Å². The predicted octanol–water partition coefficient (Wildman–Crippen LogP) is 2.83. The summed E-state index contributed by atoms with van der Waals surface area (Å²) >= 11 is 0. The van der Waals surface area contributed by atoms with Gasteiger partial charge in [0.25, 0.3) is 6.43 Å². The van der Waals surface area contributed by atoms with E-state index in [1.54, 1.807) is 7.05 Å². The predicted molar refractivity (Wildman–Crippen MR) is 78.4 cm³/mol. The average molecular weight is 279 g/mol. The van der Waals surface area contributed by atoms with Crippen LogP contribution in [0.2, 0.25) is 0 Å². The second kappa shape index (κ2) is 6.13. The van der Waals surface area contributed by atoms with E-state index in [-0.39, 0.29) is 12.6 Å². The second-order valence-electron chi connectivity index (χ2n) is 5.12. The van der Waals surface area contributed by atoms with Crippen LogP contribution in [0.5, 0.6) is 0 Å². The van der Waals surface area contributed by atoms with E-state index in [0.717, 1.165) is 16.5 Å². The van der Waals surface area contributed by atoms with Crippen molar-refractivity contribution >= 4 is 16.7 Å². The Labute approximate surface area is 117 Å². The molecule has 1 heterocycles. The largest absolute Gasteiger partial charge is 0.354 e. The maximum atomic E-state index is 12.6. The van der Waals surface area contributed by atoms with Gasteiger partial charge in [0.2, 0.25) is 0 Å². The zero-order valence-electron chi connectivity index (χ0n) is 11.7. The minimum absolute atomic E-state index is 0.0448. The van der Waals surface area contributed by atoms with Crippen LogP contribution in [0.15, 0.2) is 30.3 Å². The third-order valence-corrected chi connectivity index (χ3v) is 3.10. The van der Waals surface area contributed by atoms with Crippen LogP contribution >= 0.6 is 0 Å². The minimum Gasteiger partial charge on any atom is -0.354 e. The molecule has 2 N–H and O–H groups in total. The molecule has 1 aromatic heterocycles. The van der Waals surface area contributed by atoms with Gasteiger partial charge in [-0.2, -0.15) is 0 Å². The van der Waals surface area contributed by atoms with Crippen molar-refractivity contribution in [1.29, 1.82) is 0 Å². The molecule has 2 rings (SSSR count). The summed E-state index contributed by atoms with van der Waals surface area (Å²) in [5.74, 6) is 0.585. The fourth-order valence-electron chi connectivity index (χ4n) is 2.27. The lowest BCUT2D eigenvalue weighted by atomic mass is 10.1. The van der Waals surface area contributed by atoms with Crippen molar-refractivity contribution in [2.45, 2.75) is 25.8 Å². The van der Waals surface area contributed by atoms with Crippen molar-refractivity contribution in [2.24, 2.45) is 5.73 Å². The summed E-state index contributed by atoms with van der Waals surface area (Å²) in [6.07, 6.45) is -1.78. The molecule has 0 fully saturated rings. The number of aromatic nitrogens is 1. The van der Waals surface area contributed by atoms with E-state index in [1.165, 1.54) is 4.90 Å². The first-order valence-electron chi connectivity index (χ1n) is 6.61. The fourth-order valence-corrected chi connectivity index (χ4v) is 2.27. The smallest absolute Gasteiger partial charge is 0.255 e. The molecular weight excluding hydrogens is 260 g/mol. The summed E-state index contributed by atoms with van der Waals surface area (Å²) in [5, 5.41) is 0.998. The van der Waals surface area contributed by atoms with Crippen molar-refractivity contribution in [2.75, 3.05) is 18.5 Å². The number of hydrogen-bond donors (Lipinski definition) is 1. The fraction of sp³-hybridized carbons (Fsp3) is 0.400. The Bertz CT molecular complexity index is 584. The van der Waals surface area contributed by atoms with Gasteiger partial charge in [0.05, 0.1) is 12.1 Å². The van der Waals surface area contributed by atoms with Crippen LogP contribution in [0.25, 0.3) is 10.9 Å². The number of halogens is 2. The third kappa shape index (κ3) is 3.42. The molecule has 0 saturated heterocycles. The molecule has 0 amide bonds. The molecule has 0 aliphatic heterocycles. The van der Waals surface area contributed by atoms with Crippen molar-refractivity contribution in [3.8, 4) is 0 Å². The van der Waals surface area contributed by atoms with Crippen LogP contribution in [0.1, 0.15) is 12.5 Å². The highest BCUT2D eigenvalue weighted by Crippen LogP contribution is 2.24. The monoisotopic (exact) mass is 279 g/mol. The Kier molecular flexibility index (Phi) is 4.49. The van der Waals surface area contributed by atoms with Crippen LogP contribution in [0.4, 0.5) is 14.6 Å². The number of hydrogen-bond acceptors (Lipinski definition) is 3. The summed E-state index contributed by atoms with van der Waals surface area (Å²) in [6.45, 7) is 1.56. The number of para-hydroxylation sites is 1. The summed E-state index contributed by atoms with van der Waals surface area (Å²) in [4.78, 5) is 6.01. The summed E-state index contributed by atoms with van der Waals surface area (Å²) in [5.41, 5.74) is 7.55. The quantitative estimate of drug-likeness (QED) is 0.915. The molecule has 0 spiro atoms. The standard InChI is InChI=1S/C15H19F2N3/c1-10(18)7-12-8-11-5-3-4-6-13(11)19-15(12)20(2)9-14(16)17/h3-6,8,10,14H,7,9,18H2,1-2H3. The van der Waals surface area contributed by atoms with E-state index in [0.29, 0.717) is 12.2 Å². The molecule has 108 valence electrons. The molecule has 0 aliphatic rings. The highest BCUT2D eigenvalue weighted by atomic mass is 19.3. The van der Waals surface area contributed by atoms with E-state index in [1.807, 2.05) is 37.3 Å². The van der Waals surface area contributed by atoms with E-state index in [2.05, 4.69) is 4.98 Å². The van der Waals surface area contributed by atoms with Gasteiger partial charge < -0.3 is 10.6 Å². The van der Waals surface area contributed by atoms with Gasteiger partial charge in [-0.15, -0.1) is 0 Å². The van der Waals surface area contributed by atoms with Gasteiger partial charge in [0.15, 0.2) is 0 Å². The molecule has 1 aromatic carbocycles. The molecule has 20 heavy (non-hydrogen) atoms. The third-order valence-electron chi connectivity index (χ3n) is 3.10. The number of rotatable bonds is 5. The van der Waals surface area contributed by atoms with Crippen LogP contribution < -0.4 is 10.6 Å². The molecular formula is C15H19F2N3. The molecule has 3 nitrogen and oxygen atoms in total. The summed E-state index contributed by atoms with van der Waals surface area (Å²) < 4.78 is 25.2. The first-order chi connectivity index (χ1) is 9.47. The molecule has 0 bridgehead atoms. The first-order valence-corrected chi connectivity index (χ1v) is 6.61. The van der Waals surface area contributed by atoms with E-state index in [4.69, 9.17) is 5.73 Å². The van der Waals surface area contributed by atoms with Crippen molar-refractivity contribution < 1.29 is 8.78 Å². The van der Waals surface area contributed by atoms with Gasteiger partial charge in [-0.05, 0) is 31.0 Å². The number of pyridine rings is 1. The SMILES string of the molecule is CC(N)Cc1cc2ccccc2nc1N(C)CC(F)F. The van der Waals surface area contributed by atoms with Gasteiger partial charge in [-0.25, -0.2) is 13.8 Å². The molecule has 5 heteroatoms.